The second kappa shape index (κ2) is 9.47. The van der Waals surface area contributed by atoms with E-state index in [1.807, 2.05) is 38.1 Å². The summed E-state index contributed by atoms with van der Waals surface area (Å²) < 4.78 is 18.0. The molecule has 0 aliphatic heterocycles. The number of aromatic nitrogens is 1. The number of ether oxygens (including phenoxy) is 2. The molecule has 0 saturated carbocycles. The average Bonchev–Trinajstić information content (AvgIpc) is 3.35. The second-order valence-electron chi connectivity index (χ2n) is 8.28. The van der Waals surface area contributed by atoms with Gasteiger partial charge in [0.25, 0.3) is 0 Å². The highest BCUT2D eigenvalue weighted by molar-refractivity contribution is 5.98. The van der Waals surface area contributed by atoms with Crippen molar-refractivity contribution in [1.29, 1.82) is 5.26 Å². The van der Waals surface area contributed by atoms with E-state index in [2.05, 4.69) is 4.57 Å². The molecule has 0 spiro atoms. The maximum absolute atomic E-state index is 12.7. The Morgan fingerprint density at radius 3 is 2.70 bits per heavy atom. The molecule has 0 amide bonds. The summed E-state index contributed by atoms with van der Waals surface area (Å²) in [6.45, 7) is 5.03. The van der Waals surface area contributed by atoms with Gasteiger partial charge in [-0.1, -0.05) is 0 Å². The number of nitrogens with zero attached hydrogens (tertiary/aromatic N) is 2. The number of fused-ring (bicyclic) bond motifs is 2. The van der Waals surface area contributed by atoms with Gasteiger partial charge in [-0.15, -0.1) is 0 Å². The molecule has 0 bridgehead atoms. The lowest BCUT2D eigenvalue weighted by Gasteiger charge is -2.09. The number of methoxy groups -OCH3 is 1. The first kappa shape index (κ1) is 22.6. The zero-order valence-corrected chi connectivity index (χ0v) is 19.1. The first-order chi connectivity index (χ1) is 15.9. The summed E-state index contributed by atoms with van der Waals surface area (Å²) in [6.07, 6.45) is 4.56. The van der Waals surface area contributed by atoms with E-state index in [1.54, 1.807) is 7.11 Å². The molecule has 1 aromatic carbocycles. The second-order valence-corrected chi connectivity index (χ2v) is 8.28. The molecule has 7 heteroatoms. The summed E-state index contributed by atoms with van der Waals surface area (Å²) >= 11 is 0. The number of esters is 1. The molecule has 0 atom stereocenters. The minimum absolute atomic E-state index is 0.102. The highest BCUT2D eigenvalue weighted by Crippen LogP contribution is 2.29. The van der Waals surface area contributed by atoms with Gasteiger partial charge in [-0.05, 0) is 74.1 Å². The van der Waals surface area contributed by atoms with Crippen LogP contribution in [0.5, 0.6) is 0 Å². The molecule has 170 valence electrons. The van der Waals surface area contributed by atoms with Gasteiger partial charge in [0, 0.05) is 42.1 Å². The van der Waals surface area contributed by atoms with Gasteiger partial charge in [0.2, 0.25) is 0 Å². The van der Waals surface area contributed by atoms with Crippen molar-refractivity contribution in [1.82, 2.24) is 4.57 Å². The quantitative estimate of drug-likeness (QED) is 0.236. The lowest BCUT2D eigenvalue weighted by Crippen LogP contribution is -2.09. The molecule has 0 N–H and O–H groups in total. The molecule has 0 fully saturated rings. The van der Waals surface area contributed by atoms with Crippen LogP contribution in [0.4, 0.5) is 0 Å². The van der Waals surface area contributed by atoms with Gasteiger partial charge >= 0.3 is 11.6 Å². The van der Waals surface area contributed by atoms with E-state index >= 15 is 0 Å². The third-order valence-corrected chi connectivity index (χ3v) is 6.17. The standard InChI is InChI=1S/C26H26N2O5/c1-16-9-20(17(2)28(16)7-8-31-3)10-21(14-27)26(30)32-15-22-13-25(29)33-24-12-19-6-4-5-18(19)11-23(22)24/h9-13H,4-8,15H2,1-3H3. The lowest BCUT2D eigenvalue weighted by atomic mass is 10.0. The molecule has 1 aliphatic carbocycles. The van der Waals surface area contributed by atoms with E-state index in [0.717, 1.165) is 41.6 Å². The predicted octanol–water partition coefficient (Wildman–Crippen LogP) is 4.00. The van der Waals surface area contributed by atoms with E-state index in [4.69, 9.17) is 13.9 Å². The van der Waals surface area contributed by atoms with Crippen molar-refractivity contribution in [2.45, 2.75) is 46.3 Å². The molecule has 2 aromatic heterocycles. The number of aryl methyl sites for hydroxylation is 3. The van der Waals surface area contributed by atoms with Crippen molar-refractivity contribution in [2.24, 2.45) is 0 Å². The number of hydrogen-bond acceptors (Lipinski definition) is 6. The number of benzene rings is 1. The van der Waals surface area contributed by atoms with Gasteiger partial charge in [0.1, 0.15) is 23.8 Å². The maximum atomic E-state index is 12.7. The Balaban J connectivity index is 1.57. The number of hydrogen-bond donors (Lipinski definition) is 0. The van der Waals surface area contributed by atoms with Crippen LogP contribution in [-0.4, -0.2) is 24.3 Å². The van der Waals surface area contributed by atoms with Crippen molar-refractivity contribution in [2.75, 3.05) is 13.7 Å². The monoisotopic (exact) mass is 446 g/mol. The largest absolute Gasteiger partial charge is 0.457 e. The summed E-state index contributed by atoms with van der Waals surface area (Å²) in [5, 5.41) is 10.3. The predicted molar refractivity (Wildman–Crippen MR) is 124 cm³/mol. The Hall–Kier alpha value is -3.63. The SMILES string of the molecule is COCCn1c(C)cc(C=C(C#N)C(=O)OCc2cc(=O)oc3cc4c(cc23)CCC4)c1C. The van der Waals surface area contributed by atoms with Crippen molar-refractivity contribution >= 4 is 23.0 Å². The van der Waals surface area contributed by atoms with E-state index in [0.29, 0.717) is 24.3 Å². The maximum Gasteiger partial charge on any atom is 0.349 e. The van der Waals surface area contributed by atoms with E-state index in [1.165, 1.54) is 23.3 Å². The van der Waals surface area contributed by atoms with Crippen LogP contribution in [0.2, 0.25) is 0 Å². The molecular weight excluding hydrogens is 420 g/mol. The summed E-state index contributed by atoms with van der Waals surface area (Å²) in [6, 6.07) is 9.13. The van der Waals surface area contributed by atoms with Gasteiger partial charge in [-0.3, -0.25) is 0 Å². The van der Waals surface area contributed by atoms with Crippen LogP contribution in [0.3, 0.4) is 0 Å². The molecular formula is C26H26N2O5. The Kier molecular flexibility index (Phi) is 6.47. The van der Waals surface area contributed by atoms with Crippen molar-refractivity contribution in [3.05, 3.63) is 73.9 Å². The van der Waals surface area contributed by atoms with Crippen LogP contribution in [0.1, 0.15) is 40.1 Å². The molecule has 3 aromatic rings. The summed E-state index contributed by atoms with van der Waals surface area (Å²) in [4.78, 5) is 24.7. The molecule has 1 aliphatic rings. The third-order valence-electron chi connectivity index (χ3n) is 6.17. The van der Waals surface area contributed by atoms with Crippen LogP contribution in [0, 0.1) is 25.2 Å². The lowest BCUT2D eigenvalue weighted by molar-refractivity contribution is -0.139. The van der Waals surface area contributed by atoms with Crippen LogP contribution in [-0.2, 0) is 40.3 Å². The Morgan fingerprint density at radius 1 is 1.21 bits per heavy atom. The van der Waals surface area contributed by atoms with E-state index < -0.39 is 11.6 Å². The Bertz CT molecular complexity index is 1350. The van der Waals surface area contributed by atoms with E-state index in [9.17, 15) is 14.9 Å². The number of rotatable bonds is 7. The third kappa shape index (κ3) is 4.62. The van der Waals surface area contributed by atoms with Gasteiger partial charge in [-0.25, -0.2) is 9.59 Å². The molecule has 0 radical (unpaired) electrons. The molecule has 2 heterocycles. The van der Waals surface area contributed by atoms with Crippen molar-refractivity contribution in [3.63, 3.8) is 0 Å². The van der Waals surface area contributed by atoms with Gasteiger partial charge in [-0.2, -0.15) is 5.26 Å². The molecule has 4 rings (SSSR count). The van der Waals surface area contributed by atoms with Crippen LogP contribution >= 0.6 is 0 Å². The minimum atomic E-state index is -0.734. The van der Waals surface area contributed by atoms with E-state index in [-0.39, 0.29) is 12.2 Å². The summed E-state index contributed by atoms with van der Waals surface area (Å²) in [7, 11) is 1.64. The highest BCUT2D eigenvalue weighted by Gasteiger charge is 2.18. The fourth-order valence-electron chi connectivity index (χ4n) is 4.43. The van der Waals surface area contributed by atoms with Crippen LogP contribution in [0.15, 0.2) is 39.1 Å². The van der Waals surface area contributed by atoms with Crippen molar-refractivity contribution < 1.29 is 18.7 Å². The summed E-state index contributed by atoms with van der Waals surface area (Å²) in [5.41, 5.74) is 5.61. The first-order valence-electron chi connectivity index (χ1n) is 10.9. The van der Waals surface area contributed by atoms with Gasteiger partial charge < -0.3 is 18.5 Å². The number of carbonyl (C=O) groups excluding carboxylic acids is 1. The normalized spacial score (nSPS) is 13.2. The van der Waals surface area contributed by atoms with Crippen LogP contribution < -0.4 is 5.63 Å². The van der Waals surface area contributed by atoms with Gasteiger partial charge in [0.15, 0.2) is 0 Å². The molecule has 7 nitrogen and oxygen atoms in total. The fourth-order valence-corrected chi connectivity index (χ4v) is 4.43. The smallest absolute Gasteiger partial charge is 0.349 e. The average molecular weight is 447 g/mol. The molecule has 33 heavy (non-hydrogen) atoms. The van der Waals surface area contributed by atoms with Crippen LogP contribution in [0.25, 0.3) is 17.0 Å². The summed E-state index contributed by atoms with van der Waals surface area (Å²) in [5.74, 6) is -0.734. The number of nitriles is 1. The Morgan fingerprint density at radius 2 is 1.97 bits per heavy atom. The van der Waals surface area contributed by atoms with Crippen molar-refractivity contribution in [3.8, 4) is 6.07 Å². The fraction of sp³-hybridized carbons (Fsp3) is 0.346. The zero-order chi connectivity index (χ0) is 23.5. The number of carbonyl (C=O) groups is 1. The molecule has 0 saturated heterocycles. The highest BCUT2D eigenvalue weighted by atomic mass is 16.5. The first-order valence-corrected chi connectivity index (χ1v) is 10.9. The molecule has 0 unspecified atom stereocenters. The topological polar surface area (TPSA) is 94.5 Å². The Labute approximate surface area is 191 Å². The van der Waals surface area contributed by atoms with Gasteiger partial charge in [0.05, 0.1) is 6.61 Å². The zero-order valence-electron chi connectivity index (χ0n) is 19.1. The minimum Gasteiger partial charge on any atom is -0.457 e.